The second-order valence-electron chi connectivity index (χ2n) is 6.14. The number of piperidine rings is 1. The zero-order chi connectivity index (χ0) is 12.3. The molecule has 0 aromatic rings. The van der Waals surface area contributed by atoms with Crippen LogP contribution in [-0.2, 0) is 4.74 Å². The molecule has 2 fully saturated rings. The van der Waals surface area contributed by atoms with Crippen LogP contribution in [0.25, 0.3) is 0 Å². The van der Waals surface area contributed by atoms with Crippen LogP contribution in [0.4, 0.5) is 0 Å². The summed E-state index contributed by atoms with van der Waals surface area (Å²) in [6.45, 7) is 8.06. The highest BCUT2D eigenvalue weighted by Gasteiger charge is 2.39. The van der Waals surface area contributed by atoms with E-state index in [4.69, 9.17) is 4.74 Å². The van der Waals surface area contributed by atoms with Crippen LogP contribution in [0.1, 0.15) is 46.0 Å². The molecular weight excluding hydrogens is 212 g/mol. The van der Waals surface area contributed by atoms with Gasteiger partial charge in [0.2, 0.25) is 0 Å². The molecule has 0 aromatic carbocycles. The highest BCUT2D eigenvalue weighted by Crippen LogP contribution is 2.36. The van der Waals surface area contributed by atoms with Crippen LogP contribution >= 0.6 is 0 Å². The third kappa shape index (κ3) is 3.43. The van der Waals surface area contributed by atoms with E-state index in [1.807, 2.05) is 7.11 Å². The van der Waals surface area contributed by atoms with Crippen LogP contribution in [0, 0.1) is 0 Å². The lowest BCUT2D eigenvalue weighted by Crippen LogP contribution is -2.55. The van der Waals surface area contributed by atoms with Gasteiger partial charge in [-0.3, -0.25) is 4.90 Å². The van der Waals surface area contributed by atoms with Crippen LogP contribution in [0.15, 0.2) is 0 Å². The Balaban J connectivity index is 1.80. The molecule has 0 aromatic heterocycles. The standard InChI is InChI=1S/C14H28N2O/c1-12(2)15-13-6-4-9-16(10-13)11-14(17-3)7-5-8-14/h12-13,15H,4-11H2,1-3H3. The zero-order valence-corrected chi connectivity index (χ0v) is 11.7. The second kappa shape index (κ2) is 5.68. The van der Waals surface area contributed by atoms with Gasteiger partial charge in [0.05, 0.1) is 5.60 Å². The van der Waals surface area contributed by atoms with Gasteiger partial charge in [-0.2, -0.15) is 0 Å². The van der Waals surface area contributed by atoms with E-state index in [9.17, 15) is 0 Å². The van der Waals surface area contributed by atoms with Crippen LogP contribution in [-0.4, -0.2) is 49.3 Å². The maximum absolute atomic E-state index is 5.73. The largest absolute Gasteiger partial charge is 0.377 e. The number of likely N-dealkylation sites (tertiary alicyclic amines) is 1. The van der Waals surface area contributed by atoms with Crippen molar-refractivity contribution in [3.8, 4) is 0 Å². The summed E-state index contributed by atoms with van der Waals surface area (Å²) in [6.07, 6.45) is 6.50. The summed E-state index contributed by atoms with van der Waals surface area (Å²) in [7, 11) is 1.88. The summed E-state index contributed by atoms with van der Waals surface area (Å²) >= 11 is 0. The number of hydrogen-bond acceptors (Lipinski definition) is 3. The quantitative estimate of drug-likeness (QED) is 0.795. The molecule has 17 heavy (non-hydrogen) atoms. The monoisotopic (exact) mass is 240 g/mol. The van der Waals surface area contributed by atoms with E-state index in [2.05, 4.69) is 24.1 Å². The van der Waals surface area contributed by atoms with E-state index < -0.39 is 0 Å². The Bertz CT molecular complexity index is 233. The third-order valence-electron chi connectivity index (χ3n) is 4.28. The zero-order valence-electron chi connectivity index (χ0n) is 11.7. The van der Waals surface area contributed by atoms with E-state index in [1.165, 1.54) is 45.2 Å². The molecule has 0 spiro atoms. The lowest BCUT2D eigenvalue weighted by molar-refractivity contribution is -0.0947. The fourth-order valence-electron chi connectivity index (χ4n) is 3.21. The van der Waals surface area contributed by atoms with Crippen molar-refractivity contribution in [1.29, 1.82) is 0 Å². The highest BCUT2D eigenvalue weighted by atomic mass is 16.5. The minimum absolute atomic E-state index is 0.194. The smallest absolute Gasteiger partial charge is 0.0805 e. The molecule has 1 saturated carbocycles. The predicted octanol–water partition coefficient (Wildman–Crippen LogP) is 2.02. The van der Waals surface area contributed by atoms with Crippen LogP contribution in [0.2, 0.25) is 0 Å². The molecular formula is C14H28N2O. The Morgan fingerprint density at radius 1 is 1.35 bits per heavy atom. The van der Waals surface area contributed by atoms with Crippen LogP contribution < -0.4 is 5.32 Å². The number of nitrogens with zero attached hydrogens (tertiary/aromatic N) is 1. The topological polar surface area (TPSA) is 24.5 Å². The summed E-state index contributed by atoms with van der Waals surface area (Å²) in [4.78, 5) is 2.60. The van der Waals surface area contributed by atoms with Gasteiger partial charge in [0.1, 0.15) is 0 Å². The lowest BCUT2D eigenvalue weighted by Gasteiger charge is -2.46. The normalized spacial score (nSPS) is 29.3. The maximum Gasteiger partial charge on any atom is 0.0805 e. The molecule has 3 nitrogen and oxygen atoms in total. The van der Waals surface area contributed by atoms with Crippen molar-refractivity contribution >= 4 is 0 Å². The summed E-state index contributed by atoms with van der Waals surface area (Å²) in [5.41, 5.74) is 0.194. The Labute approximate surface area is 106 Å². The summed E-state index contributed by atoms with van der Waals surface area (Å²) in [6, 6.07) is 1.28. The predicted molar refractivity (Wildman–Crippen MR) is 71.3 cm³/mol. The number of nitrogens with one attached hydrogen (secondary N) is 1. The fourth-order valence-corrected chi connectivity index (χ4v) is 3.21. The van der Waals surface area contributed by atoms with Gasteiger partial charge >= 0.3 is 0 Å². The van der Waals surface area contributed by atoms with E-state index in [0.29, 0.717) is 12.1 Å². The second-order valence-corrected chi connectivity index (χ2v) is 6.14. The molecule has 100 valence electrons. The molecule has 0 amide bonds. The number of hydrogen-bond donors (Lipinski definition) is 1. The first-order valence-corrected chi connectivity index (χ1v) is 7.17. The average molecular weight is 240 g/mol. The van der Waals surface area contributed by atoms with Crippen molar-refractivity contribution in [3.05, 3.63) is 0 Å². The van der Waals surface area contributed by atoms with E-state index >= 15 is 0 Å². The molecule has 1 atom stereocenters. The van der Waals surface area contributed by atoms with Crippen LogP contribution in [0.3, 0.4) is 0 Å². The van der Waals surface area contributed by atoms with Crippen molar-refractivity contribution < 1.29 is 4.74 Å². The molecule has 1 aliphatic carbocycles. The van der Waals surface area contributed by atoms with Gasteiger partial charge in [-0.25, -0.2) is 0 Å². The van der Waals surface area contributed by atoms with E-state index in [1.54, 1.807) is 0 Å². The van der Waals surface area contributed by atoms with Crippen molar-refractivity contribution in [2.24, 2.45) is 0 Å². The summed E-state index contributed by atoms with van der Waals surface area (Å²) in [5.74, 6) is 0. The SMILES string of the molecule is COC1(CN2CCCC(NC(C)C)C2)CCC1. The van der Waals surface area contributed by atoms with Gasteiger partial charge in [0.25, 0.3) is 0 Å². The van der Waals surface area contributed by atoms with Gasteiger partial charge in [-0.05, 0) is 38.6 Å². The molecule has 1 saturated heterocycles. The average Bonchev–Trinajstić information content (AvgIpc) is 2.23. The van der Waals surface area contributed by atoms with Gasteiger partial charge < -0.3 is 10.1 Å². The molecule has 3 heteroatoms. The Hall–Kier alpha value is -0.120. The molecule has 1 unspecified atom stereocenters. The van der Waals surface area contributed by atoms with Gasteiger partial charge in [-0.15, -0.1) is 0 Å². The van der Waals surface area contributed by atoms with E-state index in [-0.39, 0.29) is 5.60 Å². The number of rotatable bonds is 5. The summed E-state index contributed by atoms with van der Waals surface area (Å²) in [5, 5.41) is 3.67. The molecule has 1 heterocycles. The summed E-state index contributed by atoms with van der Waals surface area (Å²) < 4.78 is 5.73. The first-order valence-electron chi connectivity index (χ1n) is 7.17. The minimum atomic E-state index is 0.194. The Morgan fingerprint density at radius 3 is 2.65 bits per heavy atom. The minimum Gasteiger partial charge on any atom is -0.377 e. The van der Waals surface area contributed by atoms with Gasteiger partial charge in [0.15, 0.2) is 0 Å². The fraction of sp³-hybridized carbons (Fsp3) is 1.00. The molecule has 0 radical (unpaired) electrons. The van der Waals surface area contributed by atoms with Crippen molar-refractivity contribution in [3.63, 3.8) is 0 Å². The highest BCUT2D eigenvalue weighted by molar-refractivity contribution is 4.94. The molecule has 2 aliphatic rings. The Kier molecular flexibility index (Phi) is 4.45. The third-order valence-corrected chi connectivity index (χ3v) is 4.28. The van der Waals surface area contributed by atoms with E-state index in [0.717, 1.165) is 6.54 Å². The molecule has 0 bridgehead atoms. The first-order chi connectivity index (χ1) is 8.13. The Morgan fingerprint density at radius 2 is 2.12 bits per heavy atom. The van der Waals surface area contributed by atoms with Gasteiger partial charge in [0, 0.05) is 32.3 Å². The molecule has 2 rings (SSSR count). The maximum atomic E-state index is 5.73. The molecule has 1 N–H and O–H groups in total. The molecule has 1 aliphatic heterocycles. The van der Waals surface area contributed by atoms with Crippen molar-refractivity contribution in [2.45, 2.75) is 63.6 Å². The van der Waals surface area contributed by atoms with Crippen LogP contribution in [0.5, 0.6) is 0 Å². The van der Waals surface area contributed by atoms with Crippen molar-refractivity contribution in [1.82, 2.24) is 10.2 Å². The van der Waals surface area contributed by atoms with Gasteiger partial charge in [-0.1, -0.05) is 13.8 Å². The first kappa shape index (κ1) is 13.3. The number of methoxy groups -OCH3 is 1. The lowest BCUT2D eigenvalue weighted by atomic mass is 9.79. The number of ether oxygens (including phenoxy) is 1. The van der Waals surface area contributed by atoms with Crippen molar-refractivity contribution in [2.75, 3.05) is 26.7 Å².